The highest BCUT2D eigenvalue weighted by molar-refractivity contribution is 5.86. The van der Waals surface area contributed by atoms with Crippen LogP contribution < -0.4 is 0 Å². The predicted octanol–water partition coefficient (Wildman–Crippen LogP) is 8.27. The molecule has 0 bridgehead atoms. The van der Waals surface area contributed by atoms with E-state index in [1.165, 1.54) is 12.1 Å². The zero-order valence-corrected chi connectivity index (χ0v) is 17.8. The maximum atomic E-state index is 15.2. The number of fused-ring (bicyclic) bond motifs is 1. The molecule has 0 radical (unpaired) electrons. The minimum atomic E-state index is -1.17. The summed E-state index contributed by atoms with van der Waals surface area (Å²) in [4.78, 5) is 0. The molecule has 0 heterocycles. The first kappa shape index (κ1) is 22.3. The Morgan fingerprint density at radius 2 is 1.56 bits per heavy atom. The summed E-state index contributed by atoms with van der Waals surface area (Å²) in [5.74, 6) is -4.27. The fraction of sp³-hybridized carbons (Fsp3) is 0.259. The van der Waals surface area contributed by atoms with Gasteiger partial charge in [-0.15, -0.1) is 0 Å². The zero-order chi connectivity index (χ0) is 22.8. The van der Waals surface area contributed by atoms with Crippen LogP contribution in [0.2, 0.25) is 0 Å². The summed E-state index contributed by atoms with van der Waals surface area (Å²) in [5.41, 5.74) is 2.20. The largest absolute Gasteiger partial charge is 0.206 e. The maximum absolute atomic E-state index is 15.2. The number of halogens is 5. The van der Waals surface area contributed by atoms with E-state index >= 15 is 4.39 Å². The van der Waals surface area contributed by atoms with E-state index in [1.807, 2.05) is 6.07 Å². The Hall–Kier alpha value is -2.95. The van der Waals surface area contributed by atoms with Gasteiger partial charge < -0.3 is 0 Å². The van der Waals surface area contributed by atoms with Crippen LogP contribution in [-0.4, -0.2) is 0 Å². The molecule has 0 saturated carbocycles. The Morgan fingerprint density at radius 3 is 2.28 bits per heavy atom. The van der Waals surface area contributed by atoms with E-state index < -0.39 is 23.3 Å². The Kier molecular flexibility index (Phi) is 6.45. The molecule has 0 unspecified atom stereocenters. The molecule has 0 nitrogen and oxygen atoms in total. The number of benzene rings is 3. The van der Waals surface area contributed by atoms with E-state index in [1.54, 1.807) is 12.1 Å². The second-order valence-corrected chi connectivity index (χ2v) is 8.18. The molecule has 32 heavy (non-hydrogen) atoms. The van der Waals surface area contributed by atoms with Crippen molar-refractivity contribution in [2.75, 3.05) is 0 Å². The Balaban J connectivity index is 1.68. The molecular weight excluding hydrogens is 419 g/mol. The smallest absolute Gasteiger partial charge is 0.159 e. The van der Waals surface area contributed by atoms with Crippen LogP contribution >= 0.6 is 0 Å². The molecule has 4 rings (SSSR count). The molecule has 0 amide bonds. The van der Waals surface area contributed by atoms with Gasteiger partial charge in [0.15, 0.2) is 11.6 Å². The second kappa shape index (κ2) is 9.27. The van der Waals surface area contributed by atoms with Crippen molar-refractivity contribution >= 4 is 11.6 Å². The van der Waals surface area contributed by atoms with Crippen molar-refractivity contribution < 1.29 is 22.0 Å². The summed E-state index contributed by atoms with van der Waals surface area (Å²) in [6.45, 7) is 2.11. The monoisotopic (exact) mass is 442 g/mol. The third-order valence-corrected chi connectivity index (χ3v) is 5.98. The zero-order valence-electron chi connectivity index (χ0n) is 17.8. The van der Waals surface area contributed by atoms with E-state index in [4.69, 9.17) is 0 Å². The van der Waals surface area contributed by atoms with E-state index in [-0.39, 0.29) is 28.9 Å². The van der Waals surface area contributed by atoms with Crippen LogP contribution in [0, 0.1) is 29.1 Å². The van der Waals surface area contributed by atoms with Crippen LogP contribution in [0.25, 0.3) is 22.8 Å². The van der Waals surface area contributed by atoms with Crippen molar-refractivity contribution in [3.63, 3.8) is 0 Å². The van der Waals surface area contributed by atoms with Gasteiger partial charge in [-0.1, -0.05) is 44.0 Å². The van der Waals surface area contributed by atoms with Crippen LogP contribution in [0.15, 0.2) is 42.5 Å². The van der Waals surface area contributed by atoms with Gasteiger partial charge in [0.2, 0.25) is 0 Å². The number of aryl methyl sites for hydroxylation is 1. The third kappa shape index (κ3) is 4.34. The summed E-state index contributed by atoms with van der Waals surface area (Å²) in [7, 11) is 0. The first-order valence-electron chi connectivity index (χ1n) is 10.8. The number of hydrogen-bond acceptors (Lipinski definition) is 0. The molecule has 0 N–H and O–H groups in total. The molecule has 1 aliphatic rings. The Morgan fingerprint density at radius 1 is 0.750 bits per heavy atom. The lowest BCUT2D eigenvalue weighted by molar-refractivity contribution is 0.508. The van der Waals surface area contributed by atoms with Gasteiger partial charge in [0.05, 0.1) is 5.56 Å². The van der Waals surface area contributed by atoms with E-state index in [0.717, 1.165) is 49.4 Å². The van der Waals surface area contributed by atoms with Gasteiger partial charge in [0.1, 0.15) is 17.5 Å². The third-order valence-electron chi connectivity index (χ3n) is 5.98. The van der Waals surface area contributed by atoms with Gasteiger partial charge in [0, 0.05) is 5.56 Å². The van der Waals surface area contributed by atoms with Crippen LogP contribution in [0.1, 0.15) is 54.9 Å². The minimum absolute atomic E-state index is 0.0683. The minimum Gasteiger partial charge on any atom is -0.206 e. The lowest BCUT2D eigenvalue weighted by Gasteiger charge is -2.20. The highest BCUT2D eigenvalue weighted by Gasteiger charge is 2.24. The average Bonchev–Trinajstić information content (AvgIpc) is 2.76. The normalized spacial score (nSPS) is 13.1. The molecule has 3 aromatic rings. The maximum Gasteiger partial charge on any atom is 0.159 e. The summed E-state index contributed by atoms with van der Waals surface area (Å²) in [6, 6.07) is 9.11. The van der Waals surface area contributed by atoms with Gasteiger partial charge in [-0.2, -0.15) is 0 Å². The molecular formula is C27H23F5. The van der Waals surface area contributed by atoms with Crippen LogP contribution in [0.4, 0.5) is 22.0 Å². The van der Waals surface area contributed by atoms with Gasteiger partial charge in [-0.05, 0) is 77.8 Å². The van der Waals surface area contributed by atoms with Crippen LogP contribution in [-0.2, 0) is 12.8 Å². The van der Waals surface area contributed by atoms with E-state index in [9.17, 15) is 17.6 Å². The van der Waals surface area contributed by atoms with Crippen molar-refractivity contribution in [3.05, 3.63) is 93.8 Å². The SMILES string of the molecule is CCCCCc1ccc(C2=Cc3cc(F)c(-c4ccc(F)c(F)c4)c(F)c3CC2)c(F)c1. The molecule has 0 atom stereocenters. The molecule has 5 heteroatoms. The van der Waals surface area contributed by atoms with Crippen LogP contribution in [0.3, 0.4) is 0 Å². The van der Waals surface area contributed by atoms with Gasteiger partial charge in [-0.25, -0.2) is 22.0 Å². The quantitative estimate of drug-likeness (QED) is 0.266. The van der Waals surface area contributed by atoms with Gasteiger partial charge >= 0.3 is 0 Å². The van der Waals surface area contributed by atoms with Gasteiger partial charge in [0.25, 0.3) is 0 Å². The van der Waals surface area contributed by atoms with Crippen molar-refractivity contribution in [2.45, 2.75) is 45.4 Å². The summed E-state index contributed by atoms with van der Waals surface area (Å²) in [5, 5.41) is 0. The Bertz CT molecular complexity index is 1190. The topological polar surface area (TPSA) is 0 Å². The molecule has 0 spiro atoms. The molecule has 3 aromatic carbocycles. The number of allylic oxidation sites excluding steroid dienone is 1. The molecule has 1 aliphatic carbocycles. The van der Waals surface area contributed by atoms with Crippen LogP contribution in [0.5, 0.6) is 0 Å². The highest BCUT2D eigenvalue weighted by atomic mass is 19.2. The standard InChI is InChI=1S/C27H23F5/c1-2-3-4-5-16-6-9-20(23(29)12-16)17-7-10-21-19(13-17)15-25(31)26(27(21)32)18-8-11-22(28)24(30)14-18/h6,8-9,11-15H,2-5,7,10H2,1H3. The van der Waals surface area contributed by atoms with Gasteiger partial charge in [-0.3, -0.25) is 0 Å². The number of unbranched alkanes of at least 4 members (excludes halogenated alkanes) is 2. The fourth-order valence-electron chi connectivity index (χ4n) is 4.26. The van der Waals surface area contributed by atoms with Crippen molar-refractivity contribution in [1.29, 1.82) is 0 Å². The molecule has 0 aromatic heterocycles. The van der Waals surface area contributed by atoms with Crippen molar-refractivity contribution in [3.8, 4) is 11.1 Å². The molecule has 0 aliphatic heterocycles. The second-order valence-electron chi connectivity index (χ2n) is 8.18. The highest BCUT2D eigenvalue weighted by Crippen LogP contribution is 2.38. The molecule has 0 saturated heterocycles. The number of rotatable bonds is 6. The van der Waals surface area contributed by atoms with Crippen molar-refractivity contribution in [2.24, 2.45) is 0 Å². The van der Waals surface area contributed by atoms with E-state index in [2.05, 4.69) is 6.92 Å². The lowest BCUT2D eigenvalue weighted by Crippen LogP contribution is -2.07. The Labute approximate surface area is 184 Å². The summed E-state index contributed by atoms with van der Waals surface area (Å²) in [6.07, 6.45) is 6.25. The molecule has 0 fully saturated rings. The summed E-state index contributed by atoms with van der Waals surface area (Å²) >= 11 is 0. The fourth-order valence-corrected chi connectivity index (χ4v) is 4.26. The predicted molar refractivity (Wildman–Crippen MR) is 118 cm³/mol. The average molecular weight is 442 g/mol. The summed E-state index contributed by atoms with van der Waals surface area (Å²) < 4.78 is 71.6. The lowest BCUT2D eigenvalue weighted by atomic mass is 9.85. The van der Waals surface area contributed by atoms with Crippen molar-refractivity contribution in [1.82, 2.24) is 0 Å². The molecule has 166 valence electrons. The van der Waals surface area contributed by atoms with E-state index in [0.29, 0.717) is 23.1 Å². The first-order valence-corrected chi connectivity index (χ1v) is 10.8. The first-order chi connectivity index (χ1) is 15.4. The number of hydrogen-bond donors (Lipinski definition) is 0.